The molecule has 1 aromatic carbocycles. The highest BCUT2D eigenvalue weighted by Gasteiger charge is 2.16. The van der Waals surface area contributed by atoms with Crippen LogP contribution < -0.4 is 5.73 Å². The van der Waals surface area contributed by atoms with Gasteiger partial charge in [0, 0.05) is 21.6 Å². The molecule has 0 spiro atoms. The molecule has 0 aromatic heterocycles. The van der Waals surface area contributed by atoms with Gasteiger partial charge in [0.15, 0.2) is 5.84 Å². The summed E-state index contributed by atoms with van der Waals surface area (Å²) in [5, 5.41) is 13.0. The van der Waals surface area contributed by atoms with Gasteiger partial charge in [-0.15, -0.1) is 0 Å². The number of hydrogen-bond acceptors (Lipinski definition) is 3. The summed E-state index contributed by atoms with van der Waals surface area (Å²) in [6.07, 6.45) is 5.36. The molecular weight excluding hydrogens is 268 g/mol. The zero-order valence-electron chi connectivity index (χ0n) is 10.1. The number of oxime groups is 1. The zero-order chi connectivity index (χ0) is 13.0. The molecule has 3 nitrogen and oxygen atoms in total. The van der Waals surface area contributed by atoms with Crippen LogP contribution in [0, 0.1) is 0 Å². The summed E-state index contributed by atoms with van der Waals surface area (Å²) in [5.74, 6) is 1.02. The number of hydrogen-bond donors (Lipinski definition) is 2. The van der Waals surface area contributed by atoms with E-state index in [1.165, 1.54) is 25.7 Å². The van der Waals surface area contributed by atoms with E-state index in [0.717, 1.165) is 16.6 Å². The maximum Gasteiger partial charge on any atom is 0.170 e. The molecule has 3 N–H and O–H groups in total. The lowest BCUT2D eigenvalue weighted by Gasteiger charge is -2.10. The summed E-state index contributed by atoms with van der Waals surface area (Å²) in [7, 11) is 0. The third kappa shape index (κ3) is 3.33. The molecule has 0 saturated heterocycles. The highest BCUT2D eigenvalue weighted by molar-refractivity contribution is 7.99. The van der Waals surface area contributed by atoms with E-state index in [9.17, 15) is 0 Å². The van der Waals surface area contributed by atoms with Crippen molar-refractivity contribution in [2.45, 2.75) is 36.7 Å². The summed E-state index contributed by atoms with van der Waals surface area (Å²) in [5.41, 5.74) is 7.29. The highest BCUT2D eigenvalue weighted by Crippen LogP contribution is 2.33. The zero-order valence-corrected chi connectivity index (χ0v) is 11.7. The standard InChI is InChI=1S/C13H17ClN2OS/c14-12-7-9(13(15)16-17)5-6-10(12)8-18-11-3-1-2-4-11/h5-7,11,17H,1-4,8H2,(H2,15,16). The van der Waals surface area contributed by atoms with Gasteiger partial charge in [-0.2, -0.15) is 11.8 Å². The van der Waals surface area contributed by atoms with E-state index in [-0.39, 0.29) is 5.84 Å². The van der Waals surface area contributed by atoms with Crippen LogP contribution in [-0.4, -0.2) is 16.3 Å². The molecule has 1 aromatic rings. The molecule has 1 fully saturated rings. The van der Waals surface area contributed by atoms with Crippen molar-refractivity contribution in [1.82, 2.24) is 0 Å². The lowest BCUT2D eigenvalue weighted by atomic mass is 10.1. The number of nitrogens with zero attached hydrogens (tertiary/aromatic N) is 1. The molecule has 1 saturated carbocycles. The quantitative estimate of drug-likeness (QED) is 0.384. The van der Waals surface area contributed by atoms with Gasteiger partial charge in [0.1, 0.15) is 0 Å². The minimum Gasteiger partial charge on any atom is -0.409 e. The van der Waals surface area contributed by atoms with Gasteiger partial charge in [-0.3, -0.25) is 0 Å². The van der Waals surface area contributed by atoms with Crippen LogP contribution in [0.1, 0.15) is 36.8 Å². The van der Waals surface area contributed by atoms with Gasteiger partial charge in [-0.1, -0.05) is 41.7 Å². The molecule has 2 rings (SSSR count). The molecule has 0 radical (unpaired) electrons. The summed E-state index contributed by atoms with van der Waals surface area (Å²) >= 11 is 8.19. The second kappa shape index (κ2) is 6.34. The topological polar surface area (TPSA) is 58.6 Å². The number of nitrogens with two attached hydrogens (primary N) is 1. The number of halogens is 1. The first-order valence-corrected chi connectivity index (χ1v) is 7.51. The van der Waals surface area contributed by atoms with Crippen molar-refractivity contribution in [3.8, 4) is 0 Å². The SMILES string of the molecule is N/C(=N/O)c1ccc(CSC2CCCC2)c(Cl)c1. The van der Waals surface area contributed by atoms with E-state index in [2.05, 4.69) is 5.16 Å². The van der Waals surface area contributed by atoms with E-state index in [4.69, 9.17) is 22.5 Å². The fraction of sp³-hybridized carbons (Fsp3) is 0.462. The Morgan fingerprint density at radius 3 is 2.78 bits per heavy atom. The lowest BCUT2D eigenvalue weighted by molar-refractivity contribution is 0.318. The summed E-state index contributed by atoms with van der Waals surface area (Å²) in [4.78, 5) is 0. The number of benzene rings is 1. The second-order valence-electron chi connectivity index (χ2n) is 4.51. The fourth-order valence-electron chi connectivity index (χ4n) is 2.14. The van der Waals surface area contributed by atoms with Gasteiger partial charge in [0.2, 0.25) is 0 Å². The van der Waals surface area contributed by atoms with Crippen molar-refractivity contribution in [1.29, 1.82) is 0 Å². The molecule has 1 aliphatic carbocycles. The predicted octanol–water partition coefficient (Wildman–Crippen LogP) is 3.61. The van der Waals surface area contributed by atoms with Crippen LogP contribution in [-0.2, 0) is 5.75 Å². The third-order valence-corrected chi connectivity index (χ3v) is 5.01. The Kier molecular flexibility index (Phi) is 4.78. The minimum atomic E-state index is 0.0897. The smallest absolute Gasteiger partial charge is 0.170 e. The maximum atomic E-state index is 8.61. The van der Waals surface area contributed by atoms with Crippen molar-refractivity contribution < 1.29 is 5.21 Å². The van der Waals surface area contributed by atoms with Gasteiger partial charge in [0.05, 0.1) is 0 Å². The first-order valence-electron chi connectivity index (χ1n) is 6.08. The van der Waals surface area contributed by atoms with Gasteiger partial charge < -0.3 is 10.9 Å². The molecule has 18 heavy (non-hydrogen) atoms. The Morgan fingerprint density at radius 1 is 1.44 bits per heavy atom. The molecule has 0 unspecified atom stereocenters. The molecule has 5 heteroatoms. The van der Waals surface area contributed by atoms with E-state index >= 15 is 0 Å². The Morgan fingerprint density at radius 2 is 2.17 bits per heavy atom. The van der Waals surface area contributed by atoms with Crippen molar-refractivity contribution in [3.05, 3.63) is 34.3 Å². The third-order valence-electron chi connectivity index (χ3n) is 3.23. The molecule has 0 atom stereocenters. The molecule has 1 aliphatic rings. The van der Waals surface area contributed by atoms with E-state index in [1.807, 2.05) is 23.9 Å². The number of amidine groups is 1. The summed E-state index contributed by atoms with van der Waals surface area (Å²) < 4.78 is 0. The molecule has 98 valence electrons. The fourth-order valence-corrected chi connectivity index (χ4v) is 3.80. The molecular formula is C13H17ClN2OS. The van der Waals surface area contributed by atoms with Crippen LogP contribution in [0.3, 0.4) is 0 Å². The Labute approximate surface area is 116 Å². The van der Waals surface area contributed by atoms with Gasteiger partial charge in [-0.05, 0) is 24.5 Å². The first-order chi connectivity index (χ1) is 8.70. The largest absolute Gasteiger partial charge is 0.409 e. The molecule has 0 amide bonds. The van der Waals surface area contributed by atoms with Crippen molar-refractivity contribution in [2.24, 2.45) is 10.9 Å². The second-order valence-corrected chi connectivity index (χ2v) is 6.20. The number of rotatable bonds is 4. The van der Waals surface area contributed by atoms with Crippen LogP contribution in [0.2, 0.25) is 5.02 Å². The van der Waals surface area contributed by atoms with E-state index < -0.39 is 0 Å². The molecule has 0 heterocycles. The van der Waals surface area contributed by atoms with Crippen molar-refractivity contribution in [2.75, 3.05) is 0 Å². The van der Waals surface area contributed by atoms with Crippen molar-refractivity contribution >= 4 is 29.2 Å². The predicted molar refractivity (Wildman–Crippen MR) is 77.5 cm³/mol. The highest BCUT2D eigenvalue weighted by atomic mass is 35.5. The van der Waals surface area contributed by atoms with Gasteiger partial charge in [0.25, 0.3) is 0 Å². The van der Waals surface area contributed by atoms with Gasteiger partial charge >= 0.3 is 0 Å². The normalized spacial score (nSPS) is 17.3. The van der Waals surface area contributed by atoms with E-state index in [0.29, 0.717) is 10.6 Å². The van der Waals surface area contributed by atoms with Crippen LogP contribution >= 0.6 is 23.4 Å². The maximum absolute atomic E-state index is 8.61. The van der Waals surface area contributed by atoms with Crippen LogP contribution in [0.25, 0.3) is 0 Å². The van der Waals surface area contributed by atoms with Crippen molar-refractivity contribution in [3.63, 3.8) is 0 Å². The molecule has 0 bridgehead atoms. The monoisotopic (exact) mass is 284 g/mol. The average Bonchev–Trinajstić information content (AvgIpc) is 2.89. The van der Waals surface area contributed by atoms with Crippen LogP contribution in [0.5, 0.6) is 0 Å². The summed E-state index contributed by atoms with van der Waals surface area (Å²) in [6.45, 7) is 0. The Hall–Kier alpha value is -0.870. The first kappa shape index (κ1) is 13.6. The Balaban J connectivity index is 2.00. The summed E-state index contributed by atoms with van der Waals surface area (Å²) in [6, 6.07) is 5.55. The lowest BCUT2D eigenvalue weighted by Crippen LogP contribution is -2.13. The average molecular weight is 285 g/mol. The minimum absolute atomic E-state index is 0.0897. The molecule has 0 aliphatic heterocycles. The number of thioether (sulfide) groups is 1. The van der Waals surface area contributed by atoms with Crippen LogP contribution in [0.4, 0.5) is 0 Å². The Bertz CT molecular complexity index is 445. The van der Waals surface area contributed by atoms with Gasteiger partial charge in [-0.25, -0.2) is 0 Å². The van der Waals surface area contributed by atoms with Crippen LogP contribution in [0.15, 0.2) is 23.4 Å². The van der Waals surface area contributed by atoms with E-state index in [1.54, 1.807) is 6.07 Å².